The molecule has 2 heterocycles. The van der Waals surface area contributed by atoms with Crippen LogP contribution in [0.4, 0.5) is 17.6 Å². The molecule has 1 aromatic rings. The lowest BCUT2D eigenvalue weighted by molar-refractivity contribution is -0.140. The number of fused-ring (bicyclic) bond motifs is 1. The van der Waals surface area contributed by atoms with Gasteiger partial charge < -0.3 is 15.7 Å². The van der Waals surface area contributed by atoms with Crippen molar-refractivity contribution in [2.75, 3.05) is 19.7 Å². The number of nitrogens with two attached hydrogens (primary N) is 1. The standard InChI is InChI=1S/C21H27N3O.C8H5F4NO.C3H4.C2H6/c1-17-9-11-18-16-21(24-13-5-6-14-24)23-20(22-19(18)12-10-17)8-4-2-3-7-15-25;9-6-3-4(7(13)14)1-2-5(6)8(10,11)12;1-3-2;1-2/h2-4,7,9-12,19,25H,5-6,8,13-16H2,1H3;1-3H,(H2,13,14);1H,2H3;1-2H3/b4-2-,7-3-;;;. The number of carbonyl (C=O) groups is 1. The molecule has 1 unspecified atom stereocenters. The van der Waals surface area contributed by atoms with Crippen LogP contribution in [0.25, 0.3) is 0 Å². The van der Waals surface area contributed by atoms with Crippen LogP contribution in [-0.4, -0.2) is 53.3 Å². The van der Waals surface area contributed by atoms with E-state index in [9.17, 15) is 22.4 Å². The minimum atomic E-state index is -4.76. The van der Waals surface area contributed by atoms with Gasteiger partial charge in [-0.15, -0.1) is 12.3 Å². The number of aliphatic hydroxyl groups excluding tert-OH is 1. The van der Waals surface area contributed by atoms with Gasteiger partial charge in [0.05, 0.1) is 18.2 Å². The molecule has 238 valence electrons. The highest BCUT2D eigenvalue weighted by molar-refractivity contribution is 6.00. The number of benzene rings is 1. The van der Waals surface area contributed by atoms with Gasteiger partial charge >= 0.3 is 6.18 Å². The largest absolute Gasteiger partial charge is 0.419 e. The van der Waals surface area contributed by atoms with Crippen LogP contribution in [0.1, 0.15) is 69.3 Å². The Morgan fingerprint density at radius 1 is 1.18 bits per heavy atom. The summed E-state index contributed by atoms with van der Waals surface area (Å²) in [7, 11) is 0. The molecule has 3 aliphatic rings. The van der Waals surface area contributed by atoms with Crippen molar-refractivity contribution < 1.29 is 27.5 Å². The number of nitrogens with zero attached hydrogens (tertiary/aromatic N) is 3. The van der Waals surface area contributed by atoms with Crippen LogP contribution < -0.4 is 5.73 Å². The molecule has 6 nitrogen and oxygen atoms in total. The van der Waals surface area contributed by atoms with Crippen molar-refractivity contribution in [2.24, 2.45) is 15.7 Å². The predicted octanol–water partition coefficient (Wildman–Crippen LogP) is 7.20. The molecule has 2 aliphatic heterocycles. The summed E-state index contributed by atoms with van der Waals surface area (Å²) in [5.41, 5.74) is 5.62. The van der Waals surface area contributed by atoms with Gasteiger partial charge in [0, 0.05) is 31.5 Å². The SMILES string of the molecule is C#CC.CC.CC1=CC=C2CC(N3CCCC3)=NC(C/C=C\C=C/CO)=NC2C=C1.NC(=O)c1ccc(C(F)(F)F)c(F)c1. The van der Waals surface area contributed by atoms with Crippen molar-refractivity contribution in [1.82, 2.24) is 4.90 Å². The number of hydrogen-bond acceptors (Lipinski definition) is 5. The van der Waals surface area contributed by atoms with E-state index in [-0.39, 0.29) is 18.2 Å². The van der Waals surface area contributed by atoms with E-state index in [2.05, 4.69) is 54.5 Å². The summed E-state index contributed by atoms with van der Waals surface area (Å²) in [5.74, 6) is 1.81. The van der Waals surface area contributed by atoms with Crippen LogP contribution in [0.5, 0.6) is 0 Å². The number of amidine groups is 2. The molecule has 1 amide bonds. The normalized spacial score (nSPS) is 17.5. The van der Waals surface area contributed by atoms with Crippen LogP contribution >= 0.6 is 0 Å². The molecule has 10 heteroatoms. The second-order valence-corrected chi connectivity index (χ2v) is 9.49. The zero-order valence-electron chi connectivity index (χ0n) is 25.7. The number of likely N-dealkylation sites (tertiary alicyclic amines) is 1. The summed E-state index contributed by atoms with van der Waals surface area (Å²) in [6.45, 7) is 10.0. The number of aliphatic imine (C=N–C) groups is 2. The van der Waals surface area contributed by atoms with E-state index in [4.69, 9.17) is 20.8 Å². The first-order valence-corrected chi connectivity index (χ1v) is 14.4. The predicted molar refractivity (Wildman–Crippen MR) is 171 cm³/mol. The molecule has 3 N–H and O–H groups in total. The van der Waals surface area contributed by atoms with Gasteiger partial charge in [-0.25, -0.2) is 9.38 Å². The fraction of sp³-hybridized carbons (Fsp3) is 0.382. The van der Waals surface area contributed by atoms with Crippen molar-refractivity contribution in [3.63, 3.8) is 0 Å². The van der Waals surface area contributed by atoms with Crippen molar-refractivity contribution >= 4 is 17.6 Å². The fourth-order valence-corrected chi connectivity index (χ4v) is 4.15. The molecule has 1 aliphatic carbocycles. The molecule has 1 saturated heterocycles. The smallest absolute Gasteiger partial charge is 0.392 e. The van der Waals surface area contributed by atoms with E-state index in [0.717, 1.165) is 37.2 Å². The summed E-state index contributed by atoms with van der Waals surface area (Å²) in [6, 6.07) is 1.85. The van der Waals surface area contributed by atoms with E-state index >= 15 is 0 Å². The van der Waals surface area contributed by atoms with Crippen molar-refractivity contribution in [3.8, 4) is 12.3 Å². The van der Waals surface area contributed by atoms with Crippen LogP contribution in [0.3, 0.4) is 0 Å². The number of carbonyl (C=O) groups excluding carboxylic acids is 1. The number of terminal acetylenes is 1. The van der Waals surface area contributed by atoms with Crippen LogP contribution in [-0.2, 0) is 6.18 Å². The van der Waals surface area contributed by atoms with Gasteiger partial charge in [-0.1, -0.05) is 68.0 Å². The Hall–Kier alpha value is -4.23. The first-order valence-electron chi connectivity index (χ1n) is 14.4. The molecule has 1 fully saturated rings. The Labute approximate surface area is 258 Å². The van der Waals surface area contributed by atoms with Crippen molar-refractivity contribution in [3.05, 3.63) is 94.9 Å². The van der Waals surface area contributed by atoms with Gasteiger partial charge in [0.25, 0.3) is 0 Å². The Balaban J connectivity index is 0.000000431. The Morgan fingerprint density at radius 2 is 1.82 bits per heavy atom. The average molecular weight is 615 g/mol. The number of primary amides is 1. The van der Waals surface area contributed by atoms with Gasteiger partial charge in [-0.2, -0.15) is 13.2 Å². The average Bonchev–Trinajstić information content (AvgIpc) is 3.39. The summed E-state index contributed by atoms with van der Waals surface area (Å²) in [5, 5.41) is 8.79. The van der Waals surface area contributed by atoms with Gasteiger partial charge in [-0.05, 0) is 50.5 Å². The Morgan fingerprint density at radius 3 is 2.39 bits per heavy atom. The fourth-order valence-electron chi connectivity index (χ4n) is 4.15. The lowest BCUT2D eigenvalue weighted by Crippen LogP contribution is -2.29. The van der Waals surface area contributed by atoms with Crippen molar-refractivity contribution in [2.45, 2.75) is 65.6 Å². The summed E-state index contributed by atoms with van der Waals surface area (Å²) in [6.07, 6.45) is 20.2. The number of aliphatic hydroxyl groups is 1. The Kier molecular flexibility index (Phi) is 17.1. The second kappa shape index (κ2) is 19.9. The quantitative estimate of drug-likeness (QED) is 0.209. The highest BCUT2D eigenvalue weighted by Crippen LogP contribution is 2.31. The highest BCUT2D eigenvalue weighted by Gasteiger charge is 2.34. The van der Waals surface area contributed by atoms with Gasteiger partial charge in [-0.3, -0.25) is 9.79 Å². The third-order valence-corrected chi connectivity index (χ3v) is 6.21. The molecule has 1 aromatic carbocycles. The van der Waals surface area contributed by atoms with Gasteiger partial charge in [0.15, 0.2) is 0 Å². The minimum Gasteiger partial charge on any atom is -0.392 e. The van der Waals surface area contributed by atoms with Crippen molar-refractivity contribution in [1.29, 1.82) is 0 Å². The summed E-state index contributed by atoms with van der Waals surface area (Å²) >= 11 is 0. The summed E-state index contributed by atoms with van der Waals surface area (Å²) < 4.78 is 48.9. The maximum absolute atomic E-state index is 12.8. The van der Waals surface area contributed by atoms with E-state index in [1.807, 2.05) is 26.0 Å². The first-order chi connectivity index (χ1) is 21.0. The van der Waals surface area contributed by atoms with Crippen LogP contribution in [0, 0.1) is 18.2 Å². The maximum atomic E-state index is 12.8. The molecular weight excluding hydrogens is 572 g/mol. The molecule has 1 atom stereocenters. The third-order valence-electron chi connectivity index (χ3n) is 6.21. The first kappa shape index (κ1) is 37.8. The zero-order chi connectivity index (χ0) is 33.1. The molecule has 0 aromatic heterocycles. The lowest BCUT2D eigenvalue weighted by atomic mass is 10.0. The molecular formula is C34H42F4N4O2. The number of allylic oxidation sites excluding steroid dienone is 6. The van der Waals surface area contributed by atoms with Gasteiger partial charge in [0.1, 0.15) is 17.5 Å². The van der Waals surface area contributed by atoms with Crippen LogP contribution in [0.2, 0.25) is 0 Å². The minimum absolute atomic E-state index is 0.0654. The molecule has 0 radical (unpaired) electrons. The molecule has 4 rings (SSSR count). The second-order valence-electron chi connectivity index (χ2n) is 9.49. The van der Waals surface area contributed by atoms with Gasteiger partial charge in [0.2, 0.25) is 5.91 Å². The molecule has 0 bridgehead atoms. The maximum Gasteiger partial charge on any atom is 0.419 e. The van der Waals surface area contributed by atoms with E-state index in [0.29, 0.717) is 18.6 Å². The molecule has 0 spiro atoms. The number of amides is 1. The number of halogens is 4. The van der Waals surface area contributed by atoms with Crippen LogP contribution in [0.15, 0.2) is 87.9 Å². The topological polar surface area (TPSA) is 91.3 Å². The Bertz CT molecular complexity index is 1340. The van der Waals surface area contributed by atoms with E-state index < -0.39 is 23.5 Å². The monoisotopic (exact) mass is 614 g/mol. The van der Waals surface area contributed by atoms with E-state index in [1.54, 1.807) is 13.0 Å². The summed E-state index contributed by atoms with van der Waals surface area (Å²) in [4.78, 5) is 22.7. The number of rotatable bonds is 5. The lowest BCUT2D eigenvalue weighted by Gasteiger charge is -2.20. The molecule has 44 heavy (non-hydrogen) atoms. The number of alkyl halides is 3. The third kappa shape index (κ3) is 13.0. The molecule has 0 saturated carbocycles. The zero-order valence-corrected chi connectivity index (χ0v) is 25.7. The number of hydrogen-bond donors (Lipinski definition) is 2. The van der Waals surface area contributed by atoms with E-state index in [1.165, 1.54) is 24.0 Å². The highest BCUT2D eigenvalue weighted by atomic mass is 19.4.